The molecular formula is C17H16FN3O. The van der Waals surface area contributed by atoms with Crippen LogP contribution in [0, 0.1) is 19.7 Å². The molecule has 112 valence electrons. The molecule has 0 fully saturated rings. The van der Waals surface area contributed by atoms with E-state index in [4.69, 9.17) is 0 Å². The lowest BCUT2D eigenvalue weighted by atomic mass is 10.2. The molecule has 2 heterocycles. The van der Waals surface area contributed by atoms with Gasteiger partial charge >= 0.3 is 0 Å². The molecule has 3 aromatic rings. The summed E-state index contributed by atoms with van der Waals surface area (Å²) in [5.74, 6) is -0.536. The van der Waals surface area contributed by atoms with Crippen molar-refractivity contribution >= 4 is 11.6 Å². The number of hydrogen-bond donors (Lipinski definition) is 1. The Hall–Kier alpha value is -2.69. The number of rotatable bonds is 3. The lowest BCUT2D eigenvalue weighted by molar-refractivity contribution is 0.0944. The molecule has 0 saturated heterocycles. The summed E-state index contributed by atoms with van der Waals surface area (Å²) in [6.45, 7) is 4.06. The van der Waals surface area contributed by atoms with Crippen LogP contribution in [0.15, 0.2) is 42.6 Å². The zero-order valence-corrected chi connectivity index (χ0v) is 12.4. The van der Waals surface area contributed by atoms with Gasteiger partial charge in [-0.25, -0.2) is 9.37 Å². The monoisotopic (exact) mass is 297 g/mol. The summed E-state index contributed by atoms with van der Waals surface area (Å²) in [6.07, 6.45) is 1.84. The van der Waals surface area contributed by atoms with E-state index in [0.29, 0.717) is 11.4 Å². The fourth-order valence-electron chi connectivity index (χ4n) is 2.45. The minimum absolute atomic E-state index is 0.224. The number of aryl methyl sites for hydroxylation is 2. The van der Waals surface area contributed by atoms with Crippen molar-refractivity contribution in [2.24, 2.45) is 0 Å². The SMILES string of the molecule is Cc1ccn2c(C(=O)NCc3cccc(F)c3)c(C)nc2c1. The molecule has 0 spiro atoms. The van der Waals surface area contributed by atoms with Crippen LogP contribution in [0.4, 0.5) is 4.39 Å². The van der Waals surface area contributed by atoms with Gasteiger partial charge in [0, 0.05) is 12.7 Å². The van der Waals surface area contributed by atoms with Crippen molar-refractivity contribution in [3.05, 3.63) is 70.9 Å². The molecule has 5 heteroatoms. The first-order valence-electron chi connectivity index (χ1n) is 7.02. The van der Waals surface area contributed by atoms with E-state index in [2.05, 4.69) is 10.3 Å². The fraction of sp³-hybridized carbons (Fsp3) is 0.176. The van der Waals surface area contributed by atoms with Gasteiger partial charge in [-0.1, -0.05) is 12.1 Å². The molecule has 22 heavy (non-hydrogen) atoms. The van der Waals surface area contributed by atoms with E-state index < -0.39 is 0 Å². The molecule has 0 radical (unpaired) electrons. The summed E-state index contributed by atoms with van der Waals surface area (Å²) in [7, 11) is 0. The van der Waals surface area contributed by atoms with E-state index in [1.165, 1.54) is 12.1 Å². The normalized spacial score (nSPS) is 10.9. The zero-order valence-electron chi connectivity index (χ0n) is 12.4. The van der Waals surface area contributed by atoms with Crippen molar-refractivity contribution in [1.29, 1.82) is 0 Å². The lowest BCUT2D eigenvalue weighted by Crippen LogP contribution is -2.25. The Bertz CT molecular complexity index is 854. The van der Waals surface area contributed by atoms with E-state index in [1.807, 2.05) is 25.3 Å². The highest BCUT2D eigenvalue weighted by molar-refractivity contribution is 5.94. The Labute approximate surface area is 127 Å². The number of fused-ring (bicyclic) bond motifs is 1. The van der Waals surface area contributed by atoms with Crippen molar-refractivity contribution in [1.82, 2.24) is 14.7 Å². The molecule has 0 bridgehead atoms. The number of hydrogen-bond acceptors (Lipinski definition) is 2. The quantitative estimate of drug-likeness (QED) is 0.807. The molecule has 0 atom stereocenters. The Morgan fingerprint density at radius 3 is 2.86 bits per heavy atom. The number of carbonyl (C=O) groups is 1. The molecule has 4 nitrogen and oxygen atoms in total. The van der Waals surface area contributed by atoms with Crippen molar-refractivity contribution in [2.75, 3.05) is 0 Å². The Kier molecular flexibility index (Phi) is 3.63. The first-order valence-corrected chi connectivity index (χ1v) is 7.02. The fourth-order valence-corrected chi connectivity index (χ4v) is 2.45. The standard InChI is InChI=1S/C17H16FN3O/c1-11-6-7-21-15(8-11)20-12(2)16(21)17(22)19-10-13-4-3-5-14(18)9-13/h3-9H,10H2,1-2H3,(H,19,22). The summed E-state index contributed by atoms with van der Waals surface area (Å²) in [5, 5.41) is 2.81. The molecular weight excluding hydrogens is 281 g/mol. The average molecular weight is 297 g/mol. The number of amides is 1. The van der Waals surface area contributed by atoms with Gasteiger partial charge in [0.05, 0.1) is 5.69 Å². The second-order valence-electron chi connectivity index (χ2n) is 5.29. The third kappa shape index (κ3) is 2.70. The number of pyridine rings is 1. The average Bonchev–Trinajstić information content (AvgIpc) is 2.80. The first-order chi connectivity index (χ1) is 10.5. The van der Waals surface area contributed by atoms with Gasteiger partial charge in [0.25, 0.3) is 5.91 Å². The van der Waals surface area contributed by atoms with E-state index in [9.17, 15) is 9.18 Å². The number of carbonyl (C=O) groups excluding carboxylic acids is 1. The number of nitrogens with one attached hydrogen (secondary N) is 1. The van der Waals surface area contributed by atoms with E-state index >= 15 is 0 Å². The third-order valence-electron chi connectivity index (χ3n) is 3.51. The van der Waals surface area contributed by atoms with Gasteiger partial charge in [0.1, 0.15) is 17.2 Å². The van der Waals surface area contributed by atoms with Gasteiger partial charge in [-0.2, -0.15) is 0 Å². The van der Waals surface area contributed by atoms with Gasteiger partial charge in [-0.3, -0.25) is 9.20 Å². The van der Waals surface area contributed by atoms with Crippen LogP contribution < -0.4 is 5.32 Å². The molecule has 0 saturated carbocycles. The number of benzene rings is 1. The number of imidazole rings is 1. The molecule has 3 rings (SSSR count). The third-order valence-corrected chi connectivity index (χ3v) is 3.51. The van der Waals surface area contributed by atoms with Crippen LogP contribution in [0.3, 0.4) is 0 Å². The van der Waals surface area contributed by atoms with Crippen LogP contribution in [-0.4, -0.2) is 15.3 Å². The van der Waals surface area contributed by atoms with Gasteiger partial charge in [-0.05, 0) is 49.2 Å². The largest absolute Gasteiger partial charge is 0.347 e. The van der Waals surface area contributed by atoms with E-state index in [1.54, 1.807) is 23.5 Å². The van der Waals surface area contributed by atoms with Crippen molar-refractivity contribution in [3.8, 4) is 0 Å². The minimum atomic E-state index is -0.312. The molecule has 1 aromatic carbocycles. The smallest absolute Gasteiger partial charge is 0.270 e. The maximum absolute atomic E-state index is 13.1. The summed E-state index contributed by atoms with van der Waals surface area (Å²) in [5.41, 5.74) is 3.72. The summed E-state index contributed by atoms with van der Waals surface area (Å²) in [6, 6.07) is 10.0. The van der Waals surface area contributed by atoms with Crippen LogP contribution in [0.1, 0.15) is 27.3 Å². The first kappa shape index (κ1) is 14.3. The van der Waals surface area contributed by atoms with Crippen molar-refractivity contribution in [3.63, 3.8) is 0 Å². The van der Waals surface area contributed by atoms with Crippen LogP contribution >= 0.6 is 0 Å². The summed E-state index contributed by atoms with van der Waals surface area (Å²) in [4.78, 5) is 16.8. The van der Waals surface area contributed by atoms with Gasteiger partial charge < -0.3 is 5.32 Å². The molecule has 0 unspecified atom stereocenters. The molecule has 1 amide bonds. The lowest BCUT2D eigenvalue weighted by Gasteiger charge is -2.06. The van der Waals surface area contributed by atoms with E-state index in [0.717, 1.165) is 16.8 Å². The topological polar surface area (TPSA) is 46.4 Å². The molecule has 0 aliphatic rings. The Morgan fingerprint density at radius 1 is 1.27 bits per heavy atom. The molecule has 2 aromatic heterocycles. The Balaban J connectivity index is 1.85. The van der Waals surface area contributed by atoms with Crippen molar-refractivity contribution < 1.29 is 9.18 Å². The molecule has 1 N–H and O–H groups in total. The van der Waals surface area contributed by atoms with E-state index in [-0.39, 0.29) is 18.3 Å². The maximum Gasteiger partial charge on any atom is 0.270 e. The minimum Gasteiger partial charge on any atom is -0.347 e. The predicted octanol–water partition coefficient (Wildman–Crippen LogP) is 3.02. The maximum atomic E-state index is 13.1. The van der Waals surface area contributed by atoms with Crippen LogP contribution in [0.5, 0.6) is 0 Å². The van der Waals surface area contributed by atoms with Crippen LogP contribution in [0.25, 0.3) is 5.65 Å². The van der Waals surface area contributed by atoms with Crippen LogP contribution in [0.2, 0.25) is 0 Å². The Morgan fingerprint density at radius 2 is 2.09 bits per heavy atom. The zero-order chi connectivity index (χ0) is 15.7. The van der Waals surface area contributed by atoms with Gasteiger partial charge in [0.2, 0.25) is 0 Å². The predicted molar refractivity (Wildman–Crippen MR) is 82.2 cm³/mol. The van der Waals surface area contributed by atoms with Crippen LogP contribution in [-0.2, 0) is 6.54 Å². The van der Waals surface area contributed by atoms with Gasteiger partial charge in [0.15, 0.2) is 0 Å². The summed E-state index contributed by atoms with van der Waals surface area (Å²) >= 11 is 0. The number of nitrogens with zero attached hydrogens (tertiary/aromatic N) is 2. The molecule has 0 aliphatic carbocycles. The highest BCUT2D eigenvalue weighted by Crippen LogP contribution is 2.14. The highest BCUT2D eigenvalue weighted by atomic mass is 19.1. The van der Waals surface area contributed by atoms with Gasteiger partial charge in [-0.15, -0.1) is 0 Å². The second kappa shape index (κ2) is 5.60. The highest BCUT2D eigenvalue weighted by Gasteiger charge is 2.16. The van der Waals surface area contributed by atoms with Crippen molar-refractivity contribution in [2.45, 2.75) is 20.4 Å². The molecule has 0 aliphatic heterocycles. The second-order valence-corrected chi connectivity index (χ2v) is 5.29. The number of aromatic nitrogens is 2. The number of halogens is 1. The summed E-state index contributed by atoms with van der Waals surface area (Å²) < 4.78 is 14.9.